The van der Waals surface area contributed by atoms with Crippen molar-refractivity contribution in [1.82, 2.24) is 25.3 Å². The SMILES string of the molecule is CNCCN(C)CCN1CCN(CCNC)CC1. The smallest absolute Gasteiger partial charge is 0.0110 e. The Kier molecular flexibility index (Phi) is 8.54. The maximum atomic E-state index is 3.22. The maximum Gasteiger partial charge on any atom is 0.0110 e. The van der Waals surface area contributed by atoms with E-state index in [-0.39, 0.29) is 0 Å². The molecule has 1 heterocycles. The van der Waals surface area contributed by atoms with E-state index in [9.17, 15) is 0 Å². The van der Waals surface area contributed by atoms with Crippen LogP contribution in [-0.4, -0.2) is 101 Å². The van der Waals surface area contributed by atoms with Gasteiger partial charge in [-0.05, 0) is 21.1 Å². The van der Waals surface area contributed by atoms with Gasteiger partial charge in [0.1, 0.15) is 0 Å². The van der Waals surface area contributed by atoms with Crippen molar-refractivity contribution in [2.75, 3.05) is 86.6 Å². The standard InChI is InChI=1S/C13H31N5/c1-14-4-6-16(3)8-9-18-12-10-17(11-13-18)7-5-15-2/h14-15H,4-13H2,1-3H3. The summed E-state index contributed by atoms with van der Waals surface area (Å²) in [5.74, 6) is 0. The summed E-state index contributed by atoms with van der Waals surface area (Å²) in [7, 11) is 6.25. The molecule has 0 bridgehead atoms. The largest absolute Gasteiger partial charge is 0.318 e. The lowest BCUT2D eigenvalue weighted by Crippen LogP contribution is -2.49. The van der Waals surface area contributed by atoms with Gasteiger partial charge in [0.15, 0.2) is 0 Å². The lowest BCUT2D eigenvalue weighted by molar-refractivity contribution is 0.123. The summed E-state index contributed by atoms with van der Waals surface area (Å²) in [5, 5.41) is 6.41. The van der Waals surface area contributed by atoms with Gasteiger partial charge in [-0.15, -0.1) is 0 Å². The van der Waals surface area contributed by atoms with Gasteiger partial charge in [-0.25, -0.2) is 0 Å². The van der Waals surface area contributed by atoms with Crippen LogP contribution in [0.25, 0.3) is 0 Å². The maximum absolute atomic E-state index is 3.22. The van der Waals surface area contributed by atoms with Crippen molar-refractivity contribution in [3.8, 4) is 0 Å². The summed E-state index contributed by atoms with van der Waals surface area (Å²) in [6.07, 6.45) is 0. The molecule has 0 unspecified atom stereocenters. The van der Waals surface area contributed by atoms with Crippen molar-refractivity contribution in [2.45, 2.75) is 0 Å². The highest BCUT2D eigenvalue weighted by atomic mass is 15.3. The average Bonchev–Trinajstić information content (AvgIpc) is 2.41. The van der Waals surface area contributed by atoms with E-state index in [1.165, 1.54) is 45.8 Å². The van der Waals surface area contributed by atoms with E-state index >= 15 is 0 Å². The van der Waals surface area contributed by atoms with Crippen LogP contribution in [0.3, 0.4) is 0 Å². The molecule has 1 fully saturated rings. The van der Waals surface area contributed by atoms with E-state index in [0.29, 0.717) is 0 Å². The predicted octanol–water partition coefficient (Wildman–Crippen LogP) is -1.03. The van der Waals surface area contributed by atoms with Crippen LogP contribution < -0.4 is 10.6 Å². The predicted molar refractivity (Wildman–Crippen MR) is 78.2 cm³/mol. The molecule has 5 heteroatoms. The molecule has 108 valence electrons. The lowest BCUT2D eigenvalue weighted by Gasteiger charge is -2.35. The number of rotatable bonds is 9. The fraction of sp³-hybridized carbons (Fsp3) is 1.00. The molecule has 1 aliphatic heterocycles. The third kappa shape index (κ3) is 6.66. The molecular weight excluding hydrogens is 226 g/mol. The second-order valence-electron chi connectivity index (χ2n) is 5.19. The fourth-order valence-electron chi connectivity index (χ4n) is 2.23. The summed E-state index contributed by atoms with van der Waals surface area (Å²) < 4.78 is 0. The number of hydrogen-bond donors (Lipinski definition) is 2. The van der Waals surface area contributed by atoms with E-state index in [1.54, 1.807) is 0 Å². The average molecular weight is 257 g/mol. The van der Waals surface area contributed by atoms with Gasteiger partial charge in [-0.3, -0.25) is 9.80 Å². The first-order valence-electron chi connectivity index (χ1n) is 7.18. The van der Waals surface area contributed by atoms with Crippen molar-refractivity contribution in [1.29, 1.82) is 0 Å². The monoisotopic (exact) mass is 257 g/mol. The Bertz CT molecular complexity index is 192. The molecule has 0 aromatic carbocycles. The summed E-state index contributed by atoms with van der Waals surface area (Å²) in [5.41, 5.74) is 0. The third-order valence-corrected chi connectivity index (χ3v) is 3.68. The van der Waals surface area contributed by atoms with E-state index in [4.69, 9.17) is 0 Å². The molecule has 1 rings (SSSR count). The second-order valence-corrected chi connectivity index (χ2v) is 5.19. The molecule has 0 radical (unpaired) electrons. The van der Waals surface area contributed by atoms with Gasteiger partial charge in [-0.2, -0.15) is 0 Å². The normalized spacial score (nSPS) is 18.7. The number of nitrogens with zero attached hydrogens (tertiary/aromatic N) is 3. The zero-order valence-electron chi connectivity index (χ0n) is 12.4. The summed E-state index contributed by atoms with van der Waals surface area (Å²) in [6.45, 7) is 11.8. The minimum Gasteiger partial charge on any atom is -0.318 e. The van der Waals surface area contributed by atoms with E-state index in [1.807, 2.05) is 14.1 Å². The third-order valence-electron chi connectivity index (χ3n) is 3.68. The molecule has 1 saturated heterocycles. The van der Waals surface area contributed by atoms with Crippen molar-refractivity contribution < 1.29 is 0 Å². The summed E-state index contributed by atoms with van der Waals surface area (Å²) in [6, 6.07) is 0. The Morgan fingerprint density at radius 1 is 0.833 bits per heavy atom. The van der Waals surface area contributed by atoms with Crippen LogP contribution in [0.4, 0.5) is 0 Å². The molecule has 2 N–H and O–H groups in total. The van der Waals surface area contributed by atoms with E-state index in [2.05, 4.69) is 32.4 Å². The highest BCUT2D eigenvalue weighted by molar-refractivity contribution is 4.73. The number of piperazine rings is 1. The minimum absolute atomic E-state index is 1.08. The molecule has 0 amide bonds. The fourth-order valence-corrected chi connectivity index (χ4v) is 2.23. The first-order valence-corrected chi connectivity index (χ1v) is 7.18. The lowest BCUT2D eigenvalue weighted by atomic mass is 10.3. The van der Waals surface area contributed by atoms with Crippen molar-refractivity contribution >= 4 is 0 Å². The molecule has 18 heavy (non-hydrogen) atoms. The Morgan fingerprint density at radius 2 is 1.39 bits per heavy atom. The van der Waals surface area contributed by atoms with Gasteiger partial charge in [-0.1, -0.05) is 0 Å². The number of likely N-dealkylation sites (N-methyl/N-ethyl adjacent to an activating group) is 3. The first kappa shape index (κ1) is 15.9. The van der Waals surface area contributed by atoms with Crippen LogP contribution >= 0.6 is 0 Å². The topological polar surface area (TPSA) is 33.8 Å². The highest BCUT2D eigenvalue weighted by Crippen LogP contribution is 2.00. The molecule has 5 nitrogen and oxygen atoms in total. The Balaban J connectivity index is 2.04. The van der Waals surface area contributed by atoms with Gasteiger partial charge in [0.25, 0.3) is 0 Å². The van der Waals surface area contributed by atoms with Crippen LogP contribution in [0.1, 0.15) is 0 Å². The van der Waals surface area contributed by atoms with Crippen molar-refractivity contribution in [2.24, 2.45) is 0 Å². The molecule has 0 atom stereocenters. The molecule has 0 spiro atoms. The van der Waals surface area contributed by atoms with Crippen LogP contribution in [0, 0.1) is 0 Å². The van der Waals surface area contributed by atoms with E-state index < -0.39 is 0 Å². The zero-order chi connectivity index (χ0) is 13.2. The zero-order valence-corrected chi connectivity index (χ0v) is 12.4. The van der Waals surface area contributed by atoms with Gasteiger partial charge in [0.2, 0.25) is 0 Å². The Hall–Kier alpha value is -0.200. The summed E-state index contributed by atoms with van der Waals surface area (Å²) >= 11 is 0. The molecule has 1 aliphatic rings. The Morgan fingerprint density at radius 3 is 1.94 bits per heavy atom. The molecule has 0 aromatic heterocycles. The van der Waals surface area contributed by atoms with E-state index in [0.717, 1.165) is 19.6 Å². The summed E-state index contributed by atoms with van der Waals surface area (Å²) in [4.78, 5) is 7.55. The van der Waals surface area contributed by atoms with Gasteiger partial charge in [0, 0.05) is 65.4 Å². The quantitative estimate of drug-likeness (QED) is 0.552. The van der Waals surface area contributed by atoms with Crippen LogP contribution in [0.5, 0.6) is 0 Å². The molecule has 0 aromatic rings. The van der Waals surface area contributed by atoms with Crippen molar-refractivity contribution in [3.05, 3.63) is 0 Å². The molecule has 0 aliphatic carbocycles. The molecule has 0 saturated carbocycles. The second kappa shape index (κ2) is 9.69. The van der Waals surface area contributed by atoms with Crippen LogP contribution in [0.2, 0.25) is 0 Å². The van der Waals surface area contributed by atoms with Crippen molar-refractivity contribution in [3.63, 3.8) is 0 Å². The first-order chi connectivity index (χ1) is 8.76. The van der Waals surface area contributed by atoms with Gasteiger partial charge >= 0.3 is 0 Å². The van der Waals surface area contributed by atoms with Gasteiger partial charge in [0.05, 0.1) is 0 Å². The van der Waals surface area contributed by atoms with Crippen LogP contribution in [0.15, 0.2) is 0 Å². The Labute approximate surface area is 112 Å². The minimum atomic E-state index is 1.08. The number of nitrogens with one attached hydrogen (secondary N) is 2. The number of hydrogen-bond acceptors (Lipinski definition) is 5. The highest BCUT2D eigenvalue weighted by Gasteiger charge is 2.16. The molecular formula is C13H31N5. The van der Waals surface area contributed by atoms with Gasteiger partial charge < -0.3 is 15.5 Å². The van der Waals surface area contributed by atoms with Crippen LogP contribution in [-0.2, 0) is 0 Å².